The molecule has 0 saturated carbocycles. The van der Waals surface area contributed by atoms with E-state index in [1.165, 1.54) is 12.5 Å². The number of carboxylic acid groups (broad SMARTS) is 3. The van der Waals surface area contributed by atoms with Gasteiger partial charge >= 0.3 is 17.9 Å². The van der Waals surface area contributed by atoms with Crippen molar-refractivity contribution in [3.8, 4) is 0 Å². The molecule has 3 aromatic heterocycles. The quantitative estimate of drug-likeness (QED) is 0.0164. The van der Waals surface area contributed by atoms with Gasteiger partial charge in [-0.15, -0.1) is 0 Å². The number of aliphatic carboxylic acids is 3. The smallest absolute Gasteiger partial charge is 0.326 e. The molecular weight excluding hydrogens is 1540 g/mol. The first-order valence-electron chi connectivity index (χ1n) is 36.5. The van der Waals surface area contributed by atoms with Gasteiger partial charge in [0.15, 0.2) is 0 Å². The maximum absolute atomic E-state index is 14.5. The molecule has 0 aliphatic heterocycles. The first-order chi connectivity index (χ1) is 54.6. The number of benzene rings is 3. The van der Waals surface area contributed by atoms with E-state index in [1.807, 2.05) is 5.32 Å². The summed E-state index contributed by atoms with van der Waals surface area (Å²) >= 11 is 8.33. The van der Waals surface area contributed by atoms with E-state index in [0.717, 1.165) is 5.56 Å². The number of hydrogen-bond acceptors (Lipinski definition) is 21. The lowest BCUT2D eigenvalue weighted by Gasteiger charge is -2.27. The Bertz CT molecular complexity index is 4440. The largest absolute Gasteiger partial charge is 0.481 e. The third kappa shape index (κ3) is 30.2. The number of nitrogens with one attached hydrogen (secondary N) is 16. The lowest BCUT2D eigenvalue weighted by molar-refractivity contribution is -0.147. The first-order valence-corrected chi connectivity index (χ1v) is 37.8. The molecule has 0 bridgehead atoms. The first kappa shape index (κ1) is 91.5. The van der Waals surface area contributed by atoms with E-state index in [4.69, 9.17) is 11.5 Å². The Hall–Kier alpha value is -12.4. The van der Waals surface area contributed by atoms with E-state index in [-0.39, 0.29) is 68.2 Å². The minimum absolute atomic E-state index is 0.0799. The Kier molecular flexibility index (Phi) is 36.1. The van der Waals surface area contributed by atoms with E-state index in [9.17, 15) is 96.8 Å². The van der Waals surface area contributed by atoms with Gasteiger partial charge in [-0.05, 0) is 66.3 Å². The van der Waals surface area contributed by atoms with Gasteiger partial charge in [-0.2, -0.15) is 25.3 Å². The number of H-pyrrole nitrogens is 3. The predicted octanol–water partition coefficient (Wildman–Crippen LogP) is -3.58. The number of carbonyl (C=O) groups excluding carboxylic acids is 14. The minimum Gasteiger partial charge on any atom is -0.481 e. The van der Waals surface area contributed by atoms with Gasteiger partial charge in [-0.3, -0.25) is 76.7 Å². The zero-order chi connectivity index (χ0) is 84.6. The number of hydrogen-bond donors (Lipinski definition) is 23. The molecule has 0 fully saturated rings. The molecule has 39 nitrogen and oxygen atoms in total. The Labute approximate surface area is 669 Å². The van der Waals surface area contributed by atoms with Gasteiger partial charge in [-0.25, -0.2) is 9.78 Å². The molecule has 14 amide bonds. The van der Waals surface area contributed by atoms with Crippen LogP contribution in [0, 0.1) is 11.8 Å². The third-order valence-corrected chi connectivity index (χ3v) is 18.4. The van der Waals surface area contributed by atoms with Gasteiger partial charge in [-0.1, -0.05) is 94.4 Å². The van der Waals surface area contributed by atoms with Gasteiger partial charge in [0.25, 0.3) is 0 Å². The van der Waals surface area contributed by atoms with Crippen LogP contribution in [-0.2, 0) is 107 Å². The highest BCUT2D eigenvalue weighted by Gasteiger charge is 2.37. The lowest BCUT2D eigenvalue weighted by Crippen LogP contribution is -2.60. The van der Waals surface area contributed by atoms with Crippen molar-refractivity contribution in [2.75, 3.05) is 31.1 Å². The molecule has 11 atom stereocenters. The number of aromatic nitrogens is 4. The van der Waals surface area contributed by atoms with Crippen molar-refractivity contribution in [1.82, 2.24) is 89.1 Å². The number of primary amides is 1. The average Bonchev–Trinajstić information content (AvgIpc) is 1.64. The lowest BCUT2D eigenvalue weighted by atomic mass is 10.00. The second-order valence-corrected chi connectivity index (χ2v) is 28.5. The molecule has 6 aromatic rings. The summed E-state index contributed by atoms with van der Waals surface area (Å²) in [7, 11) is 0. The molecule has 3 heterocycles. The van der Waals surface area contributed by atoms with Crippen LogP contribution in [-0.4, -0.2) is 233 Å². The molecule has 0 unspecified atom stereocenters. The molecular formula is C74H97N19O20S2. The van der Waals surface area contributed by atoms with Crippen LogP contribution in [0.4, 0.5) is 0 Å². The molecule has 0 aliphatic carbocycles. The summed E-state index contributed by atoms with van der Waals surface area (Å²) in [5.41, 5.74) is 14.9. The van der Waals surface area contributed by atoms with Gasteiger partial charge in [0, 0.05) is 77.6 Å². The fraction of sp³-hybridized carbons (Fsp3) is 0.432. The Morgan fingerprint density at radius 3 is 1.30 bits per heavy atom. The Balaban J connectivity index is 1.11. The van der Waals surface area contributed by atoms with Gasteiger partial charge in [0.2, 0.25) is 82.7 Å². The summed E-state index contributed by atoms with van der Waals surface area (Å²) in [6.07, 6.45) is 2.13. The molecule has 115 heavy (non-hydrogen) atoms. The number of nitrogens with zero attached hydrogens (tertiary/aromatic N) is 1. The van der Waals surface area contributed by atoms with Crippen LogP contribution >= 0.6 is 25.3 Å². The number of carboxylic acids is 3. The van der Waals surface area contributed by atoms with Crippen LogP contribution in [0.3, 0.4) is 0 Å². The summed E-state index contributed by atoms with van der Waals surface area (Å²) in [5, 5.41) is 61.5. The second-order valence-electron chi connectivity index (χ2n) is 27.8. The van der Waals surface area contributed by atoms with Crippen molar-refractivity contribution in [2.45, 2.75) is 158 Å². The number of rotatable bonds is 48. The summed E-state index contributed by atoms with van der Waals surface area (Å²) in [5.74, 6) is -19.8. The third-order valence-electron chi connectivity index (χ3n) is 17.7. The summed E-state index contributed by atoms with van der Waals surface area (Å²) in [6.45, 7) is 4.24. The average molecular weight is 1640 g/mol. The van der Waals surface area contributed by atoms with Crippen LogP contribution in [0.5, 0.6) is 0 Å². The molecule has 0 spiro atoms. The number of carbonyl (C=O) groups is 17. The number of aromatic amines is 3. The number of nitrogens with two attached hydrogens (primary N) is 2. The van der Waals surface area contributed by atoms with Crippen LogP contribution < -0.4 is 80.6 Å². The molecule has 6 rings (SSSR count). The van der Waals surface area contributed by atoms with E-state index < -0.39 is 212 Å². The molecule has 41 heteroatoms. The molecule has 0 radical (unpaired) electrons. The van der Waals surface area contributed by atoms with Gasteiger partial charge in [0.1, 0.15) is 60.4 Å². The number of imidazole rings is 1. The highest BCUT2D eigenvalue weighted by Crippen LogP contribution is 2.22. The van der Waals surface area contributed by atoms with Crippen LogP contribution in [0.2, 0.25) is 0 Å². The Morgan fingerprint density at radius 2 is 0.809 bits per heavy atom. The van der Waals surface area contributed by atoms with E-state index in [0.29, 0.717) is 32.9 Å². The van der Waals surface area contributed by atoms with Crippen molar-refractivity contribution >= 4 is 148 Å². The highest BCUT2D eigenvalue weighted by atomic mass is 32.1. The van der Waals surface area contributed by atoms with Crippen LogP contribution in [0.15, 0.2) is 104 Å². The minimum atomic E-state index is -1.92. The SMILES string of the molecule is CC(C)C[C@H](NC(=O)[C@H](Cc1c[nH]cn1)NC(=O)[C@H](CCC(N)=O)NC(=O)[C@H](CS)NC(=O)[C@@H](N)Cc1ccccc1)C(=O)NCC(=O)N[C@@H](CC(=O)O)C(=O)N[C@@H](CC(C)C)C(=O)N[C@@H](Cc1c[nH]c2ccccc12)C(=O)NCC(=O)NCC(=O)N[C@@H](Cc1c[nH]c2ccccc12)C(=O)N[C@@H](CS)C(=O)N[C@@H](CC(=O)O)C(=O)O. The summed E-state index contributed by atoms with van der Waals surface area (Å²) < 4.78 is 0. The fourth-order valence-corrected chi connectivity index (χ4v) is 12.4. The molecule has 3 aromatic carbocycles. The van der Waals surface area contributed by atoms with Crippen LogP contribution in [0.25, 0.3) is 21.8 Å². The van der Waals surface area contributed by atoms with E-state index in [2.05, 4.69) is 109 Å². The number of amides is 14. The molecule has 0 aliphatic rings. The predicted molar refractivity (Wildman–Crippen MR) is 420 cm³/mol. The molecule has 23 N–H and O–H groups in total. The van der Waals surface area contributed by atoms with E-state index in [1.54, 1.807) is 119 Å². The van der Waals surface area contributed by atoms with E-state index >= 15 is 0 Å². The maximum atomic E-state index is 14.5. The zero-order valence-corrected chi connectivity index (χ0v) is 65.0. The number of thiol groups is 2. The standard InChI is InChI=1S/C74H97N19O20S2/c1-37(2)20-49(87-70(108)53(25-42-30-77-36-83-42)90-67(105)48(18-19-58(76)94)86-72(110)56(34-114)92-64(102)45(75)22-39-12-6-5-7-13-39)65(103)82-33-61(97)85-54(26-62(98)99)71(109)88-50(21-38(3)4)68(106)89-51(23-40-28-78-46-16-10-8-14-43(40)46)66(104)81-31-59(95)80-32-60(96)84-52(24-41-29-79-47-17-11-9-15-44(41)47)69(107)93-57(35-115)73(111)91-55(74(112)113)27-63(100)101/h5-17,28-30,36-38,45,48-57,78-79,114-115H,18-27,31-35,75H2,1-4H3,(H2,76,94)(H,77,83)(H,80,95)(H,81,104)(H,82,103)(H,84,96)(H,85,97)(H,86,110)(H,87,108)(H,88,109)(H,89,106)(H,90,105)(H,91,111)(H,92,102)(H,93,107)(H,98,99)(H,100,101)(H,112,113)/t45-,48-,49-,50-,51-,52-,53-,54-,55-,56-,57-/m0/s1. The Morgan fingerprint density at radius 1 is 0.417 bits per heavy atom. The van der Waals surface area contributed by atoms with Crippen molar-refractivity contribution in [3.05, 3.63) is 126 Å². The number of para-hydroxylation sites is 2. The fourth-order valence-electron chi connectivity index (χ4n) is 11.8. The van der Waals surface area contributed by atoms with Crippen molar-refractivity contribution in [2.24, 2.45) is 23.3 Å². The van der Waals surface area contributed by atoms with Gasteiger partial charge in [0.05, 0.1) is 50.5 Å². The highest BCUT2D eigenvalue weighted by molar-refractivity contribution is 7.80. The normalized spacial score (nSPS) is 14.0. The second kappa shape index (κ2) is 45.3. The van der Waals surface area contributed by atoms with Gasteiger partial charge < -0.3 is 111 Å². The number of fused-ring (bicyclic) bond motifs is 2. The summed E-state index contributed by atoms with van der Waals surface area (Å²) in [4.78, 5) is 241. The topological polar surface area (TPSA) is 620 Å². The maximum Gasteiger partial charge on any atom is 0.326 e. The van der Waals surface area contributed by atoms with Crippen molar-refractivity contribution in [1.29, 1.82) is 0 Å². The monoisotopic (exact) mass is 1640 g/mol. The van der Waals surface area contributed by atoms with Crippen LogP contribution in [0.1, 0.15) is 88.6 Å². The molecule has 0 saturated heterocycles. The van der Waals surface area contributed by atoms with Crippen molar-refractivity contribution in [3.63, 3.8) is 0 Å². The molecule has 620 valence electrons. The summed E-state index contributed by atoms with van der Waals surface area (Å²) in [6, 6.07) is 5.86. The zero-order valence-electron chi connectivity index (χ0n) is 63.2. The van der Waals surface area contributed by atoms with Crippen molar-refractivity contribution < 1.29 is 96.8 Å².